The highest BCUT2D eigenvalue weighted by Gasteiger charge is 2.36. The van der Waals surface area contributed by atoms with Crippen LogP contribution >= 0.6 is 0 Å². The van der Waals surface area contributed by atoms with Crippen molar-refractivity contribution in [3.8, 4) is 0 Å². The summed E-state index contributed by atoms with van der Waals surface area (Å²) in [5, 5.41) is 13.1. The van der Waals surface area contributed by atoms with Crippen LogP contribution in [0.1, 0.15) is 36.5 Å². The van der Waals surface area contributed by atoms with Crippen LogP contribution in [0, 0.1) is 13.8 Å². The van der Waals surface area contributed by atoms with Crippen LogP contribution in [0.15, 0.2) is 53.8 Å². The lowest BCUT2D eigenvalue weighted by atomic mass is 10.0. The summed E-state index contributed by atoms with van der Waals surface area (Å²) in [4.78, 5) is 27.0. The number of carbonyl (C=O) groups excluding carboxylic acids is 2. The summed E-state index contributed by atoms with van der Waals surface area (Å²) in [6.07, 6.45) is 0. The third kappa shape index (κ3) is 3.58. The Balaban J connectivity index is 1.86. The molecule has 0 atom stereocenters. The topological polar surface area (TPSA) is 69.6 Å². The lowest BCUT2D eigenvalue weighted by Gasteiger charge is -2.19. The molecule has 5 heteroatoms. The van der Waals surface area contributed by atoms with Crippen LogP contribution in [0.3, 0.4) is 0 Å². The zero-order chi connectivity index (χ0) is 19.7. The Kier molecular flexibility index (Phi) is 5.04. The Hall–Kier alpha value is -3.08. The fraction of sp³-hybridized carbons (Fsp3) is 0.273. The molecule has 0 bridgehead atoms. The van der Waals surface area contributed by atoms with E-state index < -0.39 is 11.8 Å². The van der Waals surface area contributed by atoms with Crippen molar-refractivity contribution in [3.05, 3.63) is 70.5 Å². The molecule has 140 valence electrons. The maximum absolute atomic E-state index is 12.9. The summed E-state index contributed by atoms with van der Waals surface area (Å²) in [5.41, 5.74) is 4.13. The Morgan fingerprint density at radius 1 is 1.15 bits per heavy atom. The van der Waals surface area contributed by atoms with E-state index >= 15 is 0 Å². The molecule has 1 heterocycles. The molecule has 0 aromatic heterocycles. The Bertz CT molecular complexity index is 944. The van der Waals surface area contributed by atoms with Gasteiger partial charge >= 0.3 is 0 Å². The molecule has 0 spiro atoms. The minimum Gasteiger partial charge on any atom is -0.509 e. The van der Waals surface area contributed by atoms with Gasteiger partial charge in [0.05, 0.1) is 6.54 Å². The van der Waals surface area contributed by atoms with Crippen LogP contribution in [0.4, 0.5) is 11.4 Å². The largest absolute Gasteiger partial charge is 0.509 e. The molecule has 2 amide bonds. The first-order valence-corrected chi connectivity index (χ1v) is 9.01. The Morgan fingerprint density at radius 2 is 1.85 bits per heavy atom. The maximum atomic E-state index is 12.9. The molecule has 0 unspecified atom stereocenters. The number of aliphatic hydroxyl groups is 1. The monoisotopic (exact) mass is 364 g/mol. The van der Waals surface area contributed by atoms with E-state index in [9.17, 15) is 14.7 Å². The number of nitrogens with zero attached hydrogens (tertiary/aromatic N) is 1. The molecule has 3 rings (SSSR count). The number of carbonyl (C=O) groups is 2. The number of aryl methyl sites for hydroxylation is 2. The first kappa shape index (κ1) is 18.7. The fourth-order valence-electron chi connectivity index (χ4n) is 3.39. The molecule has 2 aromatic rings. The fourth-order valence-corrected chi connectivity index (χ4v) is 3.39. The number of aliphatic hydroxyl groups excluding tert-OH is 1. The summed E-state index contributed by atoms with van der Waals surface area (Å²) in [5.74, 6) is -1.06. The second kappa shape index (κ2) is 7.27. The van der Waals surface area contributed by atoms with Gasteiger partial charge in [-0.25, -0.2) is 0 Å². The smallest absolute Gasteiger partial charge is 0.267 e. The van der Waals surface area contributed by atoms with Crippen LogP contribution in [0.2, 0.25) is 0 Å². The number of rotatable bonds is 4. The molecule has 0 saturated heterocycles. The molecule has 2 aromatic carbocycles. The van der Waals surface area contributed by atoms with Crippen molar-refractivity contribution in [2.75, 3.05) is 16.8 Å². The van der Waals surface area contributed by atoms with Gasteiger partial charge in [-0.3, -0.25) is 9.59 Å². The van der Waals surface area contributed by atoms with E-state index in [4.69, 9.17) is 0 Å². The van der Waals surface area contributed by atoms with Crippen molar-refractivity contribution >= 4 is 23.2 Å². The van der Waals surface area contributed by atoms with E-state index in [-0.39, 0.29) is 23.8 Å². The summed E-state index contributed by atoms with van der Waals surface area (Å²) in [6.45, 7) is 7.94. The molecule has 2 N–H and O–H groups in total. The molecule has 1 aliphatic heterocycles. The van der Waals surface area contributed by atoms with Gasteiger partial charge in [0.2, 0.25) is 0 Å². The predicted octanol–water partition coefficient (Wildman–Crippen LogP) is 4.22. The van der Waals surface area contributed by atoms with Gasteiger partial charge in [0, 0.05) is 11.4 Å². The number of nitrogens with one attached hydrogen (secondary N) is 1. The number of para-hydroxylation sites is 1. The summed E-state index contributed by atoms with van der Waals surface area (Å²) in [7, 11) is 0. The van der Waals surface area contributed by atoms with Crippen molar-refractivity contribution in [1.29, 1.82) is 0 Å². The third-order valence-corrected chi connectivity index (χ3v) is 4.76. The standard InChI is InChI=1S/C22H24N2O3/c1-13(2)16-7-5-6-8-17(16)23-21(26)20-19(25)12-24(22(20)27)18-10-9-14(3)11-15(18)4/h5-11,13,25H,12H2,1-4H3,(H,23,26). The van der Waals surface area contributed by atoms with Crippen molar-refractivity contribution in [1.82, 2.24) is 0 Å². The predicted molar refractivity (Wildman–Crippen MR) is 107 cm³/mol. The average molecular weight is 364 g/mol. The number of hydrogen-bond acceptors (Lipinski definition) is 3. The van der Waals surface area contributed by atoms with Gasteiger partial charge < -0.3 is 15.3 Å². The lowest BCUT2D eigenvalue weighted by molar-refractivity contribution is -0.119. The number of hydrogen-bond donors (Lipinski definition) is 2. The maximum Gasteiger partial charge on any atom is 0.267 e. The number of benzene rings is 2. The van der Waals surface area contributed by atoms with Crippen LogP contribution in [-0.2, 0) is 9.59 Å². The molecular weight excluding hydrogens is 340 g/mol. The van der Waals surface area contributed by atoms with Gasteiger partial charge in [0.1, 0.15) is 11.3 Å². The third-order valence-electron chi connectivity index (χ3n) is 4.76. The van der Waals surface area contributed by atoms with E-state index in [0.717, 1.165) is 16.7 Å². The zero-order valence-corrected chi connectivity index (χ0v) is 16.0. The van der Waals surface area contributed by atoms with Crippen LogP contribution in [0.5, 0.6) is 0 Å². The SMILES string of the molecule is Cc1ccc(N2CC(O)=C(C(=O)Nc3ccccc3C(C)C)C2=O)c(C)c1. The highest BCUT2D eigenvalue weighted by atomic mass is 16.3. The van der Waals surface area contributed by atoms with Crippen molar-refractivity contribution in [3.63, 3.8) is 0 Å². The first-order chi connectivity index (χ1) is 12.8. The molecule has 0 saturated carbocycles. The summed E-state index contributed by atoms with van der Waals surface area (Å²) >= 11 is 0. The zero-order valence-electron chi connectivity index (χ0n) is 16.0. The molecule has 5 nitrogen and oxygen atoms in total. The minimum atomic E-state index is -0.585. The first-order valence-electron chi connectivity index (χ1n) is 9.01. The van der Waals surface area contributed by atoms with Gasteiger partial charge in [-0.1, -0.05) is 49.7 Å². The lowest BCUT2D eigenvalue weighted by Crippen LogP contribution is -2.30. The van der Waals surface area contributed by atoms with Crippen molar-refractivity contribution in [2.24, 2.45) is 0 Å². The van der Waals surface area contributed by atoms with Crippen LogP contribution in [0.25, 0.3) is 0 Å². The Morgan fingerprint density at radius 3 is 2.52 bits per heavy atom. The van der Waals surface area contributed by atoms with E-state index in [2.05, 4.69) is 5.32 Å². The van der Waals surface area contributed by atoms with Gasteiger partial charge in [-0.15, -0.1) is 0 Å². The number of anilines is 2. The number of amides is 2. The van der Waals surface area contributed by atoms with Gasteiger partial charge in [-0.2, -0.15) is 0 Å². The van der Waals surface area contributed by atoms with Crippen LogP contribution in [-0.4, -0.2) is 23.5 Å². The van der Waals surface area contributed by atoms with Gasteiger partial charge in [-0.05, 0) is 43.0 Å². The molecule has 0 radical (unpaired) electrons. The van der Waals surface area contributed by atoms with Crippen molar-refractivity contribution < 1.29 is 14.7 Å². The van der Waals surface area contributed by atoms with Crippen molar-refractivity contribution in [2.45, 2.75) is 33.6 Å². The van der Waals surface area contributed by atoms with E-state index in [1.807, 2.05) is 64.1 Å². The summed E-state index contributed by atoms with van der Waals surface area (Å²) in [6, 6.07) is 13.2. The van der Waals surface area contributed by atoms with Crippen LogP contribution < -0.4 is 10.2 Å². The van der Waals surface area contributed by atoms with Gasteiger partial charge in [0.15, 0.2) is 0 Å². The van der Waals surface area contributed by atoms with E-state index in [0.29, 0.717) is 11.4 Å². The van der Waals surface area contributed by atoms with E-state index in [1.165, 1.54) is 4.90 Å². The molecular formula is C22H24N2O3. The normalized spacial score (nSPS) is 14.3. The Labute approximate surface area is 159 Å². The molecule has 0 aliphatic carbocycles. The average Bonchev–Trinajstić information content (AvgIpc) is 2.89. The quantitative estimate of drug-likeness (QED) is 0.798. The summed E-state index contributed by atoms with van der Waals surface area (Å²) < 4.78 is 0. The minimum absolute atomic E-state index is 0.00266. The second-order valence-electron chi connectivity index (χ2n) is 7.20. The van der Waals surface area contributed by atoms with Gasteiger partial charge in [0.25, 0.3) is 11.8 Å². The molecule has 0 fully saturated rings. The second-order valence-corrected chi connectivity index (χ2v) is 7.20. The highest BCUT2D eigenvalue weighted by Crippen LogP contribution is 2.30. The molecule has 1 aliphatic rings. The molecule has 27 heavy (non-hydrogen) atoms. The highest BCUT2D eigenvalue weighted by molar-refractivity contribution is 6.29. The van der Waals surface area contributed by atoms with E-state index in [1.54, 1.807) is 6.07 Å².